The number of quaternary nitrogens is 1. The Morgan fingerprint density at radius 3 is 1.96 bits per heavy atom. The maximum absolute atomic E-state index is 12.7. The van der Waals surface area contributed by atoms with Crippen LogP contribution in [0, 0.1) is 0 Å². The molecule has 0 radical (unpaired) electrons. The molecule has 0 saturated carbocycles. The van der Waals surface area contributed by atoms with Crippen molar-refractivity contribution in [3.05, 3.63) is 35.4 Å². The molecule has 25 heavy (non-hydrogen) atoms. The van der Waals surface area contributed by atoms with Crippen LogP contribution in [0.4, 0.5) is 0 Å². The van der Waals surface area contributed by atoms with Crippen LogP contribution in [0.25, 0.3) is 0 Å². The summed E-state index contributed by atoms with van der Waals surface area (Å²) in [6.45, 7) is 8.24. The molecule has 0 unspecified atom stereocenters. The molecule has 1 amide bonds. The summed E-state index contributed by atoms with van der Waals surface area (Å²) in [7, 11) is 0. The fourth-order valence-corrected chi connectivity index (χ4v) is 3.85. The molecule has 1 heterocycles. The first kappa shape index (κ1) is 20.8. The van der Waals surface area contributed by atoms with E-state index in [-0.39, 0.29) is 11.3 Å². The average Bonchev–Trinajstić information content (AvgIpc) is 2.79. The summed E-state index contributed by atoms with van der Waals surface area (Å²) < 4.78 is -1.54. The van der Waals surface area contributed by atoms with Gasteiger partial charge in [0.2, 0.25) is 6.17 Å². The smallest absolute Gasteiger partial charge is 0.262 e. The second kappa shape index (κ2) is 8.47. The van der Waals surface area contributed by atoms with E-state index in [2.05, 4.69) is 26.1 Å². The van der Waals surface area contributed by atoms with E-state index in [0.29, 0.717) is 5.56 Å². The van der Waals surface area contributed by atoms with Crippen LogP contribution in [-0.4, -0.2) is 29.0 Å². The molecule has 1 aliphatic heterocycles. The number of alkyl halides is 3. The minimum atomic E-state index is -1.54. The predicted molar refractivity (Wildman–Crippen MR) is 106 cm³/mol. The van der Waals surface area contributed by atoms with Gasteiger partial charge in [0.15, 0.2) is 0 Å². The fraction of sp³-hybridized carbons (Fsp3) is 0.632. The van der Waals surface area contributed by atoms with Gasteiger partial charge in [-0.2, -0.15) is 0 Å². The summed E-state index contributed by atoms with van der Waals surface area (Å²) in [4.78, 5) is 13.8. The number of benzene rings is 1. The minimum absolute atomic E-state index is 0.0469. The number of hydrogen-bond acceptors (Lipinski definition) is 1. The Morgan fingerprint density at radius 2 is 1.52 bits per heavy atom. The topological polar surface area (TPSA) is 33.5 Å². The van der Waals surface area contributed by atoms with Crippen molar-refractivity contribution in [2.45, 2.75) is 61.8 Å². The zero-order valence-electron chi connectivity index (χ0n) is 15.2. The summed E-state index contributed by atoms with van der Waals surface area (Å²) in [6.07, 6.45) is 4.01. The third-order valence-electron chi connectivity index (χ3n) is 4.77. The van der Waals surface area contributed by atoms with Crippen LogP contribution in [0.3, 0.4) is 0 Å². The highest BCUT2D eigenvalue weighted by atomic mass is 35.6. The van der Waals surface area contributed by atoms with Crippen molar-refractivity contribution in [1.29, 1.82) is 0 Å². The molecule has 6 heteroatoms. The van der Waals surface area contributed by atoms with Gasteiger partial charge in [-0.25, -0.2) is 0 Å². The van der Waals surface area contributed by atoms with Crippen LogP contribution in [0.2, 0.25) is 0 Å². The Hall–Kier alpha value is -0.480. The molecule has 2 rings (SSSR count). The van der Waals surface area contributed by atoms with Crippen molar-refractivity contribution < 1.29 is 9.69 Å². The largest absolute Gasteiger partial charge is 0.312 e. The Balaban J connectivity index is 2.13. The minimum Gasteiger partial charge on any atom is -0.312 e. The Labute approximate surface area is 166 Å². The molecule has 1 aromatic rings. The van der Waals surface area contributed by atoms with Gasteiger partial charge < -0.3 is 4.90 Å². The van der Waals surface area contributed by atoms with Gasteiger partial charge in [-0.1, -0.05) is 67.7 Å². The molecule has 0 spiro atoms. The molecule has 3 nitrogen and oxygen atoms in total. The van der Waals surface area contributed by atoms with Crippen molar-refractivity contribution in [1.82, 2.24) is 5.32 Å². The van der Waals surface area contributed by atoms with Crippen molar-refractivity contribution in [2.24, 2.45) is 0 Å². The molecule has 1 aromatic carbocycles. The van der Waals surface area contributed by atoms with Crippen LogP contribution in [-0.2, 0) is 5.41 Å². The van der Waals surface area contributed by atoms with Gasteiger partial charge in [0, 0.05) is 5.56 Å². The van der Waals surface area contributed by atoms with E-state index in [9.17, 15) is 4.79 Å². The summed E-state index contributed by atoms with van der Waals surface area (Å²) >= 11 is 18.6. The van der Waals surface area contributed by atoms with Crippen molar-refractivity contribution in [3.8, 4) is 0 Å². The van der Waals surface area contributed by atoms with Crippen LogP contribution in [0.1, 0.15) is 62.4 Å². The van der Waals surface area contributed by atoms with Crippen molar-refractivity contribution in [3.63, 3.8) is 0 Å². The van der Waals surface area contributed by atoms with E-state index in [0.717, 1.165) is 30.8 Å². The van der Waals surface area contributed by atoms with Gasteiger partial charge in [0.1, 0.15) is 0 Å². The number of carbonyl (C=O) groups is 1. The summed E-state index contributed by atoms with van der Waals surface area (Å²) in [5.74, 6) is -0.200. The summed E-state index contributed by atoms with van der Waals surface area (Å²) in [6, 6.07) is 7.64. The number of halogens is 3. The Kier molecular flexibility index (Phi) is 7.06. The zero-order chi connectivity index (χ0) is 18.7. The molecule has 0 bridgehead atoms. The van der Waals surface area contributed by atoms with E-state index in [4.69, 9.17) is 34.8 Å². The van der Waals surface area contributed by atoms with Crippen LogP contribution in [0.15, 0.2) is 24.3 Å². The molecular formula is C19H28Cl3N2O+. The second-order valence-electron chi connectivity index (χ2n) is 7.85. The normalized spacial score (nSPS) is 18.5. The van der Waals surface area contributed by atoms with Gasteiger partial charge in [-0.05, 0) is 48.8 Å². The number of nitrogens with one attached hydrogen (secondary N) is 2. The number of hydrogen-bond donors (Lipinski definition) is 2. The standard InChI is InChI=1S/C19H27Cl3N2O/c1-18(2,3)15-10-8-14(9-11-15)16(25)23-17(19(20,21)22)24-12-6-4-5-7-13-24/h8-11,17H,4-7,12-13H2,1-3H3,(H,23,25)/p+1/t17-/m0/s1. The maximum atomic E-state index is 12.7. The zero-order valence-corrected chi connectivity index (χ0v) is 17.4. The van der Waals surface area contributed by atoms with Crippen molar-refractivity contribution >= 4 is 40.7 Å². The molecule has 2 N–H and O–H groups in total. The van der Waals surface area contributed by atoms with E-state index < -0.39 is 9.96 Å². The van der Waals surface area contributed by atoms with Crippen LogP contribution in [0.5, 0.6) is 0 Å². The lowest BCUT2D eigenvalue weighted by Crippen LogP contribution is -3.19. The first-order valence-electron chi connectivity index (χ1n) is 8.92. The maximum Gasteiger partial charge on any atom is 0.262 e. The molecule has 1 aliphatic rings. The molecule has 1 atom stereocenters. The number of rotatable bonds is 3. The van der Waals surface area contributed by atoms with E-state index >= 15 is 0 Å². The van der Waals surface area contributed by atoms with Gasteiger partial charge in [-0.3, -0.25) is 10.1 Å². The predicted octanol–water partition coefficient (Wildman–Crippen LogP) is 3.87. The molecule has 1 fully saturated rings. The Morgan fingerprint density at radius 1 is 1.00 bits per heavy atom. The molecule has 0 aliphatic carbocycles. The highest BCUT2D eigenvalue weighted by molar-refractivity contribution is 6.68. The highest BCUT2D eigenvalue weighted by Crippen LogP contribution is 2.28. The molecule has 140 valence electrons. The fourth-order valence-electron chi connectivity index (χ4n) is 3.22. The first-order chi connectivity index (χ1) is 11.6. The number of amides is 1. The third-order valence-corrected chi connectivity index (χ3v) is 5.42. The van der Waals surface area contributed by atoms with E-state index in [1.54, 1.807) is 0 Å². The van der Waals surface area contributed by atoms with Gasteiger partial charge in [0.25, 0.3) is 9.70 Å². The van der Waals surface area contributed by atoms with Gasteiger partial charge >= 0.3 is 0 Å². The van der Waals surface area contributed by atoms with Crippen molar-refractivity contribution in [2.75, 3.05) is 13.1 Å². The third kappa shape index (κ3) is 6.02. The highest BCUT2D eigenvalue weighted by Gasteiger charge is 2.42. The average molecular weight is 407 g/mol. The molecule has 0 aromatic heterocycles. The summed E-state index contributed by atoms with van der Waals surface area (Å²) in [5, 5.41) is 2.96. The quantitative estimate of drug-likeness (QED) is 0.734. The van der Waals surface area contributed by atoms with E-state index in [1.807, 2.05) is 24.3 Å². The molecule has 1 saturated heterocycles. The van der Waals surface area contributed by atoms with Gasteiger partial charge in [-0.15, -0.1) is 0 Å². The molecular weight excluding hydrogens is 379 g/mol. The first-order valence-corrected chi connectivity index (χ1v) is 10.0. The monoisotopic (exact) mass is 405 g/mol. The summed E-state index contributed by atoms with van der Waals surface area (Å²) in [5.41, 5.74) is 1.81. The van der Waals surface area contributed by atoms with E-state index in [1.165, 1.54) is 18.4 Å². The second-order valence-corrected chi connectivity index (χ2v) is 10.2. The Bertz CT molecular complexity index is 568. The SMILES string of the molecule is CC(C)(C)c1ccc(C(=O)N[C@@H]([NH+]2CCCCCC2)C(Cl)(Cl)Cl)cc1. The lowest BCUT2D eigenvalue weighted by molar-refractivity contribution is -0.926. The number of likely N-dealkylation sites (tertiary alicyclic amines) is 1. The van der Waals surface area contributed by atoms with Crippen LogP contribution < -0.4 is 10.2 Å². The lowest BCUT2D eigenvalue weighted by atomic mass is 9.87. The van der Waals surface area contributed by atoms with Gasteiger partial charge in [0.05, 0.1) is 13.1 Å². The lowest BCUT2D eigenvalue weighted by Gasteiger charge is -2.32. The number of carbonyl (C=O) groups excluding carboxylic acids is 1. The van der Waals surface area contributed by atoms with Crippen LogP contribution >= 0.6 is 34.8 Å².